The topological polar surface area (TPSA) is 83.4 Å². The number of hydrogen-bond donors (Lipinski definition) is 0. The summed E-state index contributed by atoms with van der Waals surface area (Å²) in [5.41, 5.74) is 1.97. The van der Waals surface area contributed by atoms with Crippen molar-refractivity contribution in [3.63, 3.8) is 0 Å². The molecule has 0 saturated heterocycles. The maximum atomic E-state index is 13.1. The maximum Gasteiger partial charge on any atom is 0.343 e. The maximum absolute atomic E-state index is 13.1. The number of hydrogen-bond acceptors (Lipinski definition) is 7. The zero-order valence-electron chi connectivity index (χ0n) is 26.8. The second-order valence-corrected chi connectivity index (χ2v) is 10.9. The summed E-state index contributed by atoms with van der Waals surface area (Å²) in [5.74, 6) is 0.944. The van der Waals surface area contributed by atoms with Gasteiger partial charge in [0.25, 0.3) is 0 Å². The Hall–Kier alpha value is -4.91. The lowest BCUT2D eigenvalue weighted by atomic mass is 10.2. The first-order valence-electron chi connectivity index (χ1n) is 16.2. The predicted molar refractivity (Wildman–Crippen MR) is 182 cm³/mol. The molecule has 0 aromatic heterocycles. The minimum absolute atomic E-state index is 0.279. The Bertz CT molecular complexity index is 1530. The van der Waals surface area contributed by atoms with Gasteiger partial charge in [0, 0.05) is 11.8 Å². The number of esters is 2. The molecule has 0 aliphatic carbocycles. The predicted octanol–water partition coefficient (Wildman–Crippen LogP) is 9.79. The zero-order chi connectivity index (χ0) is 32.4. The second-order valence-electron chi connectivity index (χ2n) is 10.9. The highest BCUT2D eigenvalue weighted by Gasteiger charge is 2.15. The van der Waals surface area contributed by atoms with Gasteiger partial charge in [-0.25, -0.2) is 9.59 Å². The van der Waals surface area contributed by atoms with Crippen LogP contribution in [0.15, 0.2) is 102 Å². The lowest BCUT2D eigenvalue weighted by Crippen LogP contribution is -2.11. The van der Waals surface area contributed by atoms with Gasteiger partial charge in [0.2, 0.25) is 0 Å². The van der Waals surface area contributed by atoms with E-state index in [1.165, 1.54) is 25.7 Å². The van der Waals surface area contributed by atoms with Crippen molar-refractivity contribution < 1.29 is 28.5 Å². The highest BCUT2D eigenvalue weighted by atomic mass is 16.5. The van der Waals surface area contributed by atoms with E-state index >= 15 is 0 Å². The van der Waals surface area contributed by atoms with E-state index in [2.05, 4.69) is 18.8 Å². The van der Waals surface area contributed by atoms with Crippen LogP contribution in [0.2, 0.25) is 0 Å². The molecule has 4 aromatic rings. The number of para-hydroxylation sites is 1. The quantitative estimate of drug-likeness (QED) is 0.0476. The summed E-state index contributed by atoms with van der Waals surface area (Å²) >= 11 is 0. The van der Waals surface area contributed by atoms with Crippen LogP contribution in [0.4, 0.5) is 5.69 Å². The lowest BCUT2D eigenvalue weighted by molar-refractivity contribution is 0.0719. The van der Waals surface area contributed by atoms with E-state index in [1.54, 1.807) is 72.9 Å². The van der Waals surface area contributed by atoms with E-state index in [0.717, 1.165) is 31.4 Å². The summed E-state index contributed by atoms with van der Waals surface area (Å²) in [5, 5.41) is 0. The van der Waals surface area contributed by atoms with Crippen molar-refractivity contribution in [1.29, 1.82) is 0 Å². The molecule has 0 saturated carbocycles. The molecule has 0 atom stereocenters. The fraction of sp³-hybridized carbons (Fsp3) is 0.308. The minimum Gasteiger partial charge on any atom is -0.494 e. The van der Waals surface area contributed by atoms with Crippen molar-refractivity contribution in [3.05, 3.63) is 114 Å². The zero-order valence-corrected chi connectivity index (χ0v) is 26.8. The van der Waals surface area contributed by atoms with Gasteiger partial charge in [-0.15, -0.1) is 0 Å². The van der Waals surface area contributed by atoms with Gasteiger partial charge in [-0.05, 0) is 91.7 Å². The summed E-state index contributed by atoms with van der Waals surface area (Å²) in [6.45, 7) is 5.64. The lowest BCUT2D eigenvalue weighted by Gasteiger charge is -2.11. The first-order chi connectivity index (χ1) is 22.6. The molecule has 0 unspecified atom stereocenters. The number of carbonyl (C=O) groups is 2. The van der Waals surface area contributed by atoms with Crippen molar-refractivity contribution in [2.75, 3.05) is 13.2 Å². The van der Waals surface area contributed by atoms with Gasteiger partial charge in [-0.2, -0.15) is 0 Å². The van der Waals surface area contributed by atoms with Crippen LogP contribution in [0.3, 0.4) is 0 Å². The van der Waals surface area contributed by atoms with Crippen molar-refractivity contribution in [2.24, 2.45) is 4.99 Å². The molecule has 240 valence electrons. The van der Waals surface area contributed by atoms with E-state index in [0.29, 0.717) is 41.4 Å². The van der Waals surface area contributed by atoms with E-state index < -0.39 is 11.9 Å². The Kier molecular flexibility index (Phi) is 13.9. The van der Waals surface area contributed by atoms with Crippen LogP contribution in [0.25, 0.3) is 0 Å². The van der Waals surface area contributed by atoms with Crippen LogP contribution >= 0.6 is 0 Å². The highest BCUT2D eigenvalue weighted by Crippen LogP contribution is 2.26. The molecular formula is C39H43NO6. The molecule has 46 heavy (non-hydrogen) atoms. The fourth-order valence-corrected chi connectivity index (χ4v) is 4.58. The standard InChI is InChI=1S/C39H43NO6/c1-3-5-7-12-26-43-34-20-16-30(17-21-34)38(41)45-36-24-25-37(32(28-36)29-40-33-14-10-9-11-15-33)46-39(42)31-18-22-35(23-19-31)44-27-13-8-6-4-2/h9-11,14-25,28-29H,3-8,12-13,26-27H2,1-2H3. The number of unbranched alkanes of at least 4 members (excludes halogenated alkanes) is 6. The van der Waals surface area contributed by atoms with Gasteiger partial charge in [-0.1, -0.05) is 70.6 Å². The summed E-state index contributed by atoms with van der Waals surface area (Å²) < 4.78 is 23.0. The SMILES string of the molecule is CCCCCCOc1ccc(C(=O)Oc2ccc(OC(=O)c3ccc(OCCCCCC)cc3)c(C=Nc3ccccc3)c2)cc1. The van der Waals surface area contributed by atoms with E-state index in [1.807, 2.05) is 30.3 Å². The molecule has 4 aromatic carbocycles. The molecule has 0 bridgehead atoms. The first-order valence-corrected chi connectivity index (χ1v) is 16.2. The normalized spacial score (nSPS) is 10.9. The van der Waals surface area contributed by atoms with Crippen molar-refractivity contribution in [2.45, 2.75) is 65.2 Å². The molecule has 0 aliphatic heterocycles. The Morgan fingerprint density at radius 2 is 1.11 bits per heavy atom. The molecule has 0 heterocycles. The average Bonchev–Trinajstić information content (AvgIpc) is 3.09. The average molecular weight is 622 g/mol. The second kappa shape index (κ2) is 18.8. The Morgan fingerprint density at radius 3 is 1.65 bits per heavy atom. The van der Waals surface area contributed by atoms with Crippen molar-refractivity contribution >= 4 is 23.8 Å². The monoisotopic (exact) mass is 621 g/mol. The van der Waals surface area contributed by atoms with Gasteiger partial charge in [0.15, 0.2) is 0 Å². The first kappa shape index (κ1) is 34.0. The van der Waals surface area contributed by atoms with Gasteiger partial charge in [-0.3, -0.25) is 4.99 Å². The molecule has 0 aliphatic rings. The summed E-state index contributed by atoms with van der Waals surface area (Å²) in [4.78, 5) is 30.5. The number of carbonyl (C=O) groups excluding carboxylic acids is 2. The number of nitrogens with zero attached hydrogens (tertiary/aromatic N) is 1. The third-order valence-corrected chi connectivity index (χ3v) is 7.22. The fourth-order valence-electron chi connectivity index (χ4n) is 4.58. The molecule has 0 N–H and O–H groups in total. The van der Waals surface area contributed by atoms with Crippen molar-refractivity contribution in [3.8, 4) is 23.0 Å². The van der Waals surface area contributed by atoms with Crippen LogP contribution in [0.5, 0.6) is 23.0 Å². The number of benzene rings is 4. The third-order valence-electron chi connectivity index (χ3n) is 7.22. The van der Waals surface area contributed by atoms with Crippen molar-refractivity contribution in [1.82, 2.24) is 0 Å². The molecule has 7 heteroatoms. The van der Waals surface area contributed by atoms with E-state index in [9.17, 15) is 9.59 Å². The van der Waals surface area contributed by atoms with Gasteiger partial charge in [0.05, 0.1) is 30.0 Å². The van der Waals surface area contributed by atoms with Crippen LogP contribution in [-0.4, -0.2) is 31.4 Å². The number of rotatable bonds is 18. The summed E-state index contributed by atoms with van der Waals surface area (Å²) in [6.07, 6.45) is 10.6. The van der Waals surface area contributed by atoms with E-state index in [4.69, 9.17) is 18.9 Å². The smallest absolute Gasteiger partial charge is 0.343 e. The number of ether oxygens (including phenoxy) is 4. The van der Waals surface area contributed by atoms with Gasteiger partial charge < -0.3 is 18.9 Å². The molecule has 0 radical (unpaired) electrons. The van der Waals surface area contributed by atoms with Crippen LogP contribution in [-0.2, 0) is 0 Å². The van der Waals surface area contributed by atoms with Gasteiger partial charge >= 0.3 is 11.9 Å². The Labute approximate surface area is 272 Å². The third kappa shape index (κ3) is 11.2. The Balaban J connectivity index is 1.42. The van der Waals surface area contributed by atoms with Crippen LogP contribution in [0, 0.1) is 0 Å². The number of aliphatic imine (C=N–C) groups is 1. The minimum atomic E-state index is -0.527. The van der Waals surface area contributed by atoms with E-state index in [-0.39, 0.29) is 11.5 Å². The summed E-state index contributed by atoms with van der Waals surface area (Å²) in [7, 11) is 0. The molecule has 0 amide bonds. The molecule has 0 spiro atoms. The highest BCUT2D eigenvalue weighted by molar-refractivity contribution is 5.94. The molecular weight excluding hydrogens is 578 g/mol. The summed E-state index contributed by atoms with van der Waals surface area (Å²) in [6, 6.07) is 28.0. The van der Waals surface area contributed by atoms with Crippen LogP contribution in [0.1, 0.15) is 91.5 Å². The Morgan fingerprint density at radius 1 is 0.587 bits per heavy atom. The van der Waals surface area contributed by atoms with Gasteiger partial charge in [0.1, 0.15) is 23.0 Å². The molecule has 4 rings (SSSR count). The largest absolute Gasteiger partial charge is 0.494 e. The molecule has 0 fully saturated rings. The van der Waals surface area contributed by atoms with Crippen LogP contribution < -0.4 is 18.9 Å². The molecule has 7 nitrogen and oxygen atoms in total.